The molecule has 0 radical (unpaired) electrons. The molecule has 0 aliphatic heterocycles. The molecule has 8 nitrogen and oxygen atoms in total. The molecule has 0 fully saturated rings. The van der Waals surface area contributed by atoms with Gasteiger partial charge in [-0.15, -0.1) is 0 Å². The maximum absolute atomic E-state index is 8.80. The number of anilines is 2. The smallest absolute Gasteiger partial charge is 0.320 e. The highest BCUT2D eigenvalue weighted by Gasteiger charge is 2.01. The minimum Gasteiger partial charge on any atom is -0.479 e. The first-order valence-corrected chi connectivity index (χ1v) is 2.64. The Kier molecular flexibility index (Phi) is 1.99. The first-order chi connectivity index (χ1) is 5.26. The summed E-state index contributed by atoms with van der Waals surface area (Å²) >= 11 is 0. The van der Waals surface area contributed by atoms with Gasteiger partial charge in [-0.3, -0.25) is 10.9 Å². The van der Waals surface area contributed by atoms with Gasteiger partial charge in [0.1, 0.15) is 0 Å². The van der Waals surface area contributed by atoms with Crippen molar-refractivity contribution >= 4 is 11.9 Å². The van der Waals surface area contributed by atoms with E-state index in [1.807, 2.05) is 0 Å². The molecule has 0 atom stereocenters. The van der Waals surface area contributed by atoms with Gasteiger partial charge >= 0.3 is 6.01 Å². The highest BCUT2D eigenvalue weighted by atomic mass is 16.3. The van der Waals surface area contributed by atoms with Crippen LogP contribution in [0.5, 0.6) is 6.01 Å². The predicted molar refractivity (Wildman–Crippen MR) is 37.1 cm³/mol. The third kappa shape index (κ3) is 1.63. The molecular weight excluding hydrogens is 150 g/mol. The molecule has 7 N–H and O–H groups in total. The number of hydrogen-bond acceptors (Lipinski definition) is 8. The van der Waals surface area contributed by atoms with Gasteiger partial charge in [-0.2, -0.15) is 15.0 Å². The third-order valence-corrected chi connectivity index (χ3v) is 0.882. The van der Waals surface area contributed by atoms with Crippen LogP contribution in [-0.4, -0.2) is 20.1 Å². The fraction of sp³-hybridized carbons (Fsp3) is 0. The molecule has 0 aliphatic rings. The van der Waals surface area contributed by atoms with Gasteiger partial charge in [-0.25, -0.2) is 11.7 Å². The van der Waals surface area contributed by atoms with Crippen molar-refractivity contribution in [3.05, 3.63) is 0 Å². The van der Waals surface area contributed by atoms with Gasteiger partial charge in [0.2, 0.25) is 11.9 Å². The van der Waals surface area contributed by atoms with Gasteiger partial charge in [0, 0.05) is 0 Å². The van der Waals surface area contributed by atoms with Crippen LogP contribution in [0.2, 0.25) is 0 Å². The first kappa shape index (κ1) is 7.44. The maximum atomic E-state index is 8.80. The zero-order chi connectivity index (χ0) is 8.27. The molecular formula is C3H7N7O. The van der Waals surface area contributed by atoms with Crippen LogP contribution in [0.4, 0.5) is 11.9 Å². The molecule has 0 aromatic carbocycles. The molecule has 1 rings (SSSR count). The third-order valence-electron chi connectivity index (χ3n) is 0.882. The topological polar surface area (TPSA) is 135 Å². The lowest BCUT2D eigenvalue weighted by atomic mass is 10.9. The summed E-state index contributed by atoms with van der Waals surface area (Å²) in [5.41, 5.74) is 4.25. The summed E-state index contributed by atoms with van der Waals surface area (Å²) in [4.78, 5) is 10.4. The molecule has 1 heterocycles. The van der Waals surface area contributed by atoms with E-state index in [1.54, 1.807) is 0 Å². The molecule has 0 aliphatic carbocycles. The Balaban J connectivity index is 3.02. The number of hydrazine groups is 2. The fourth-order valence-corrected chi connectivity index (χ4v) is 0.494. The van der Waals surface area contributed by atoms with E-state index >= 15 is 0 Å². The number of nitrogens with zero attached hydrogens (tertiary/aromatic N) is 3. The summed E-state index contributed by atoms with van der Waals surface area (Å²) in [6.07, 6.45) is 0. The number of nitrogens with one attached hydrogen (secondary N) is 2. The van der Waals surface area contributed by atoms with Crippen LogP contribution in [0.1, 0.15) is 0 Å². The lowest BCUT2D eigenvalue weighted by Gasteiger charge is -2.00. The second kappa shape index (κ2) is 2.94. The minimum absolute atomic E-state index is 0.0328. The Labute approximate surface area is 61.6 Å². The quantitative estimate of drug-likeness (QED) is 0.249. The summed E-state index contributed by atoms with van der Waals surface area (Å²) < 4.78 is 0. The molecule has 0 saturated carbocycles. The van der Waals surface area contributed by atoms with Gasteiger partial charge in [-0.05, 0) is 0 Å². The first-order valence-electron chi connectivity index (χ1n) is 2.64. The van der Waals surface area contributed by atoms with E-state index in [0.717, 1.165) is 0 Å². The normalized spacial score (nSPS) is 9.27. The predicted octanol–water partition coefficient (Wildman–Crippen LogP) is -1.85. The second-order valence-electron chi connectivity index (χ2n) is 1.57. The lowest BCUT2D eigenvalue weighted by molar-refractivity contribution is 0.430. The van der Waals surface area contributed by atoms with Crippen molar-refractivity contribution in [1.29, 1.82) is 0 Å². The molecule has 1 aromatic rings. The van der Waals surface area contributed by atoms with Crippen LogP contribution >= 0.6 is 0 Å². The Morgan fingerprint density at radius 1 is 1.00 bits per heavy atom. The van der Waals surface area contributed by atoms with Crippen molar-refractivity contribution in [3.8, 4) is 6.01 Å². The Bertz CT molecular complexity index is 227. The Hall–Kier alpha value is -1.67. The SMILES string of the molecule is NNc1nc(O)nc(NN)n1. The van der Waals surface area contributed by atoms with Crippen LogP contribution in [0.25, 0.3) is 0 Å². The van der Waals surface area contributed by atoms with Crippen LogP contribution in [0, 0.1) is 0 Å². The number of nitrogen functional groups attached to an aromatic ring is 2. The van der Waals surface area contributed by atoms with Gasteiger partial charge in [-0.1, -0.05) is 0 Å². The summed E-state index contributed by atoms with van der Waals surface area (Å²) in [6, 6.07) is -0.457. The summed E-state index contributed by atoms with van der Waals surface area (Å²) in [7, 11) is 0. The van der Waals surface area contributed by atoms with Crippen LogP contribution in [-0.2, 0) is 0 Å². The van der Waals surface area contributed by atoms with Crippen LogP contribution in [0.15, 0.2) is 0 Å². The lowest BCUT2D eigenvalue weighted by Crippen LogP contribution is -2.15. The Morgan fingerprint density at radius 3 is 1.82 bits per heavy atom. The standard InChI is InChI=1S/C3H7N7O/c4-9-1-6-2(10-5)8-3(11)7-1/h4-5H2,(H3,6,7,8,9,10,11). The molecule has 8 heteroatoms. The second-order valence-corrected chi connectivity index (χ2v) is 1.57. The number of nitrogens with two attached hydrogens (primary N) is 2. The van der Waals surface area contributed by atoms with Gasteiger partial charge < -0.3 is 5.11 Å². The Morgan fingerprint density at radius 2 is 1.45 bits per heavy atom. The maximum Gasteiger partial charge on any atom is 0.320 e. The summed E-state index contributed by atoms with van der Waals surface area (Å²) in [5.74, 6) is 9.99. The van der Waals surface area contributed by atoms with Crippen LogP contribution < -0.4 is 22.5 Å². The number of aromatic hydroxyl groups is 1. The molecule has 60 valence electrons. The highest BCUT2D eigenvalue weighted by molar-refractivity contribution is 5.33. The van der Waals surface area contributed by atoms with Gasteiger partial charge in [0.15, 0.2) is 0 Å². The van der Waals surface area contributed by atoms with Crippen molar-refractivity contribution < 1.29 is 5.11 Å². The van der Waals surface area contributed by atoms with E-state index in [-0.39, 0.29) is 11.9 Å². The van der Waals surface area contributed by atoms with Crippen molar-refractivity contribution in [1.82, 2.24) is 15.0 Å². The van der Waals surface area contributed by atoms with Crippen molar-refractivity contribution in [3.63, 3.8) is 0 Å². The van der Waals surface area contributed by atoms with Crippen molar-refractivity contribution in [2.45, 2.75) is 0 Å². The van der Waals surface area contributed by atoms with E-state index in [2.05, 4.69) is 25.8 Å². The largest absolute Gasteiger partial charge is 0.479 e. The van der Waals surface area contributed by atoms with E-state index in [1.165, 1.54) is 0 Å². The van der Waals surface area contributed by atoms with Gasteiger partial charge in [0.05, 0.1) is 0 Å². The number of aromatic nitrogens is 3. The summed E-state index contributed by atoms with van der Waals surface area (Å²) in [6.45, 7) is 0. The van der Waals surface area contributed by atoms with Crippen LogP contribution in [0.3, 0.4) is 0 Å². The molecule has 0 bridgehead atoms. The molecule has 11 heavy (non-hydrogen) atoms. The summed E-state index contributed by atoms with van der Waals surface area (Å²) in [5, 5.41) is 8.80. The van der Waals surface area contributed by atoms with E-state index in [9.17, 15) is 0 Å². The number of hydrogen-bond donors (Lipinski definition) is 5. The van der Waals surface area contributed by atoms with E-state index in [0.29, 0.717) is 0 Å². The monoisotopic (exact) mass is 157 g/mol. The molecule has 0 spiro atoms. The molecule has 0 amide bonds. The van der Waals surface area contributed by atoms with E-state index in [4.69, 9.17) is 16.8 Å². The zero-order valence-corrected chi connectivity index (χ0v) is 5.44. The number of rotatable bonds is 2. The van der Waals surface area contributed by atoms with Crippen molar-refractivity contribution in [2.24, 2.45) is 11.7 Å². The molecule has 0 saturated heterocycles. The van der Waals surface area contributed by atoms with E-state index < -0.39 is 6.01 Å². The minimum atomic E-state index is -0.457. The average Bonchev–Trinajstić information content (AvgIpc) is 2.03. The van der Waals surface area contributed by atoms with Gasteiger partial charge in [0.25, 0.3) is 0 Å². The highest BCUT2D eigenvalue weighted by Crippen LogP contribution is 2.06. The zero-order valence-electron chi connectivity index (χ0n) is 5.44. The fourth-order valence-electron chi connectivity index (χ4n) is 0.494. The average molecular weight is 157 g/mol. The van der Waals surface area contributed by atoms with Crippen molar-refractivity contribution in [2.75, 3.05) is 10.9 Å². The molecule has 0 unspecified atom stereocenters. The molecule has 1 aromatic heterocycles.